The van der Waals surface area contributed by atoms with E-state index in [1.807, 2.05) is 27.7 Å². The van der Waals surface area contributed by atoms with Crippen LogP contribution in [0.4, 0.5) is 11.4 Å². The van der Waals surface area contributed by atoms with Crippen molar-refractivity contribution in [1.82, 2.24) is 0 Å². The van der Waals surface area contributed by atoms with E-state index >= 15 is 0 Å². The van der Waals surface area contributed by atoms with Crippen molar-refractivity contribution in [3.8, 4) is 17.2 Å². The minimum Gasteiger partial charge on any atom is -0.493 e. The van der Waals surface area contributed by atoms with Gasteiger partial charge in [-0.15, -0.1) is 0 Å². The van der Waals surface area contributed by atoms with Crippen LogP contribution in [-0.4, -0.2) is 68.4 Å². The van der Waals surface area contributed by atoms with Gasteiger partial charge in [0, 0.05) is 47.1 Å². The standard InChI is InChI=1S/C38H45ClN2O10/c1-22(2)50-30-15-11-24(12-16-34(44)45)17-28(30)40-33(43)19-32-37(46)41(20-38(4,5)21-49-23(3)42)29-14-13-25(39)18-27(29)35(51-32)26-9-8-10-31(47-6)36(26)48-7/h8-11,13-15,17-18,22,32,35H,12,16,19-21H2,1-7H3,(H,40,43)(H,44,45)/t32-,35-/m1/s1. The number of methoxy groups -OCH3 is 2. The van der Waals surface area contributed by atoms with Crippen molar-refractivity contribution in [2.24, 2.45) is 5.41 Å². The van der Waals surface area contributed by atoms with Crippen LogP contribution >= 0.6 is 11.6 Å². The van der Waals surface area contributed by atoms with E-state index in [-0.39, 0.29) is 32.1 Å². The summed E-state index contributed by atoms with van der Waals surface area (Å²) in [5.74, 6) is -1.23. The molecule has 13 heteroatoms. The quantitative estimate of drug-likeness (QED) is 0.164. The number of carboxylic acid groups (broad SMARTS) is 1. The Morgan fingerprint density at radius 1 is 1.02 bits per heavy atom. The Kier molecular flexibility index (Phi) is 12.9. The van der Waals surface area contributed by atoms with Gasteiger partial charge in [0.15, 0.2) is 11.5 Å². The van der Waals surface area contributed by atoms with Gasteiger partial charge in [-0.1, -0.05) is 43.6 Å². The predicted octanol–water partition coefficient (Wildman–Crippen LogP) is 6.60. The number of aryl methyl sites for hydroxylation is 1. The summed E-state index contributed by atoms with van der Waals surface area (Å²) in [7, 11) is 3.01. The first-order valence-electron chi connectivity index (χ1n) is 16.5. The van der Waals surface area contributed by atoms with Crippen molar-refractivity contribution in [3.63, 3.8) is 0 Å². The Bertz CT molecular complexity index is 1760. The topological polar surface area (TPSA) is 150 Å². The number of carbonyl (C=O) groups excluding carboxylic acids is 3. The molecule has 0 spiro atoms. The molecule has 12 nitrogen and oxygen atoms in total. The van der Waals surface area contributed by atoms with Crippen LogP contribution < -0.4 is 24.4 Å². The van der Waals surface area contributed by atoms with Crippen LogP contribution in [0.5, 0.6) is 17.2 Å². The van der Waals surface area contributed by atoms with Gasteiger partial charge in [-0.05, 0) is 62.2 Å². The molecule has 2 atom stereocenters. The minimum absolute atomic E-state index is 0.0328. The predicted molar refractivity (Wildman–Crippen MR) is 192 cm³/mol. The summed E-state index contributed by atoms with van der Waals surface area (Å²) in [5.41, 5.74) is 1.89. The highest BCUT2D eigenvalue weighted by Crippen LogP contribution is 2.46. The third kappa shape index (κ3) is 10.1. The zero-order valence-corrected chi connectivity index (χ0v) is 30.7. The second kappa shape index (κ2) is 16.9. The van der Waals surface area contributed by atoms with E-state index in [4.69, 9.17) is 35.3 Å². The van der Waals surface area contributed by atoms with Crippen LogP contribution in [0.2, 0.25) is 5.02 Å². The van der Waals surface area contributed by atoms with Gasteiger partial charge in [0.1, 0.15) is 18.0 Å². The minimum atomic E-state index is -1.31. The number of nitrogens with one attached hydrogen (secondary N) is 1. The normalized spacial score (nSPS) is 15.9. The van der Waals surface area contributed by atoms with E-state index in [0.717, 1.165) is 0 Å². The summed E-state index contributed by atoms with van der Waals surface area (Å²) < 4.78 is 29.2. The molecule has 1 aliphatic heterocycles. The highest BCUT2D eigenvalue weighted by Gasteiger charge is 2.41. The fourth-order valence-electron chi connectivity index (χ4n) is 5.81. The molecule has 0 saturated heterocycles. The number of hydrogen-bond donors (Lipinski definition) is 2. The molecule has 0 fully saturated rings. The fraction of sp³-hybridized carbons (Fsp3) is 0.421. The number of halogens is 1. The number of carboxylic acids is 1. The lowest BCUT2D eigenvalue weighted by Gasteiger charge is -2.33. The first kappa shape index (κ1) is 39.0. The highest BCUT2D eigenvalue weighted by atomic mass is 35.5. The summed E-state index contributed by atoms with van der Waals surface area (Å²) in [5, 5.41) is 12.5. The number of benzene rings is 3. The number of nitrogens with zero attached hydrogens (tertiary/aromatic N) is 1. The van der Waals surface area contributed by atoms with Gasteiger partial charge >= 0.3 is 11.9 Å². The van der Waals surface area contributed by atoms with Crippen molar-refractivity contribution >= 4 is 46.7 Å². The molecular formula is C38H45ClN2O10. The lowest BCUT2D eigenvalue weighted by molar-refractivity contribution is -0.144. The Morgan fingerprint density at radius 2 is 1.76 bits per heavy atom. The molecule has 0 aromatic heterocycles. The maximum atomic E-state index is 14.6. The molecule has 2 amide bonds. The number of amides is 2. The van der Waals surface area contributed by atoms with Gasteiger partial charge in [0.05, 0.1) is 39.0 Å². The van der Waals surface area contributed by atoms with Gasteiger partial charge in [-0.25, -0.2) is 0 Å². The average Bonchev–Trinajstić information content (AvgIpc) is 3.17. The van der Waals surface area contributed by atoms with Crippen LogP contribution in [-0.2, 0) is 35.1 Å². The summed E-state index contributed by atoms with van der Waals surface area (Å²) >= 11 is 6.55. The van der Waals surface area contributed by atoms with Gasteiger partial charge in [-0.3, -0.25) is 19.2 Å². The Balaban J connectivity index is 1.79. The number of hydrogen-bond acceptors (Lipinski definition) is 9. The van der Waals surface area contributed by atoms with E-state index in [0.29, 0.717) is 50.3 Å². The number of anilines is 2. The first-order chi connectivity index (χ1) is 24.1. The number of fused-ring (bicyclic) bond motifs is 1. The smallest absolute Gasteiger partial charge is 0.303 e. The van der Waals surface area contributed by atoms with Crippen molar-refractivity contribution in [1.29, 1.82) is 0 Å². The molecule has 3 aromatic rings. The lowest BCUT2D eigenvalue weighted by atomic mass is 9.92. The molecule has 0 saturated carbocycles. The van der Waals surface area contributed by atoms with Crippen LogP contribution in [0.3, 0.4) is 0 Å². The van der Waals surface area contributed by atoms with Gasteiger partial charge in [0.2, 0.25) is 5.91 Å². The Hall–Kier alpha value is -4.81. The van der Waals surface area contributed by atoms with Crippen molar-refractivity contribution < 1.29 is 48.0 Å². The second-order valence-electron chi connectivity index (χ2n) is 13.3. The molecule has 0 unspecified atom stereocenters. The van der Waals surface area contributed by atoms with Crippen molar-refractivity contribution in [3.05, 3.63) is 76.3 Å². The number of esters is 1. The molecule has 2 N–H and O–H groups in total. The zero-order valence-electron chi connectivity index (χ0n) is 29.9. The summed E-state index contributed by atoms with van der Waals surface area (Å²) in [4.78, 5) is 53.0. The molecule has 4 rings (SSSR count). The Morgan fingerprint density at radius 3 is 2.41 bits per heavy atom. The van der Waals surface area contributed by atoms with Crippen LogP contribution in [0.1, 0.15) is 70.3 Å². The van der Waals surface area contributed by atoms with Crippen molar-refractivity contribution in [2.45, 2.75) is 72.2 Å². The van der Waals surface area contributed by atoms with Crippen LogP contribution in [0.15, 0.2) is 54.6 Å². The number of para-hydroxylation sites is 1. The van der Waals surface area contributed by atoms with E-state index in [1.165, 1.54) is 21.1 Å². The van der Waals surface area contributed by atoms with E-state index in [9.17, 15) is 24.3 Å². The largest absolute Gasteiger partial charge is 0.493 e. The molecule has 0 bridgehead atoms. The number of aliphatic carboxylic acids is 1. The monoisotopic (exact) mass is 724 g/mol. The molecule has 1 aliphatic rings. The third-order valence-electron chi connectivity index (χ3n) is 8.05. The van der Waals surface area contributed by atoms with Crippen LogP contribution in [0, 0.1) is 5.41 Å². The molecule has 3 aromatic carbocycles. The third-order valence-corrected chi connectivity index (χ3v) is 8.29. The zero-order chi connectivity index (χ0) is 37.5. The number of rotatable bonds is 15. The number of ether oxygens (including phenoxy) is 5. The lowest BCUT2D eigenvalue weighted by Crippen LogP contribution is -2.46. The molecule has 51 heavy (non-hydrogen) atoms. The fourth-order valence-corrected chi connectivity index (χ4v) is 5.99. The molecular weight excluding hydrogens is 680 g/mol. The second-order valence-corrected chi connectivity index (χ2v) is 13.7. The maximum Gasteiger partial charge on any atom is 0.303 e. The van der Waals surface area contributed by atoms with E-state index in [2.05, 4.69) is 5.32 Å². The van der Waals surface area contributed by atoms with E-state index < -0.39 is 47.8 Å². The summed E-state index contributed by atoms with van der Waals surface area (Å²) in [6, 6.07) is 15.5. The molecule has 274 valence electrons. The molecule has 0 aliphatic carbocycles. The number of carbonyl (C=O) groups is 4. The molecule has 0 radical (unpaired) electrons. The van der Waals surface area contributed by atoms with E-state index in [1.54, 1.807) is 59.5 Å². The SMILES string of the molecule is COc1cccc([C@H]2O[C@H](CC(=O)Nc3cc(CCC(=O)O)ccc3OC(C)C)C(=O)N(CC(C)(C)COC(C)=O)c3ccc(Cl)cc32)c1OC. The van der Waals surface area contributed by atoms with Crippen molar-refractivity contribution in [2.75, 3.05) is 37.6 Å². The van der Waals surface area contributed by atoms with Gasteiger partial charge in [0.25, 0.3) is 5.91 Å². The molecule has 1 heterocycles. The summed E-state index contributed by atoms with van der Waals surface area (Å²) in [6.07, 6.45) is -2.72. The van der Waals surface area contributed by atoms with Crippen LogP contribution in [0.25, 0.3) is 0 Å². The summed E-state index contributed by atoms with van der Waals surface area (Å²) in [6.45, 7) is 8.87. The van der Waals surface area contributed by atoms with Gasteiger partial charge < -0.3 is 39.0 Å². The Labute approximate surface area is 302 Å². The highest BCUT2D eigenvalue weighted by molar-refractivity contribution is 6.30. The maximum absolute atomic E-state index is 14.6. The van der Waals surface area contributed by atoms with Gasteiger partial charge in [-0.2, -0.15) is 0 Å². The average molecular weight is 725 g/mol. The first-order valence-corrected chi connectivity index (χ1v) is 16.9.